The van der Waals surface area contributed by atoms with Crippen molar-refractivity contribution >= 4 is 11.3 Å². The fourth-order valence-electron chi connectivity index (χ4n) is 2.88. The van der Waals surface area contributed by atoms with Crippen LogP contribution in [0.25, 0.3) is 0 Å². The summed E-state index contributed by atoms with van der Waals surface area (Å²) in [5.74, 6) is 0.957. The lowest BCUT2D eigenvalue weighted by Crippen LogP contribution is -2.24. The zero-order chi connectivity index (χ0) is 13.0. The summed E-state index contributed by atoms with van der Waals surface area (Å²) in [4.78, 5) is 5.40. The van der Waals surface area contributed by atoms with Gasteiger partial charge < -0.3 is 5.73 Å². The Balaban J connectivity index is 1.94. The van der Waals surface area contributed by atoms with Crippen molar-refractivity contribution in [3.63, 3.8) is 0 Å². The van der Waals surface area contributed by atoms with Crippen LogP contribution in [0.15, 0.2) is 6.07 Å². The Labute approximate surface area is 115 Å². The molecule has 1 saturated heterocycles. The number of hydrogen-bond acceptors (Lipinski definition) is 3. The average Bonchev–Trinajstić information content (AvgIpc) is 2.60. The second-order valence-electron chi connectivity index (χ2n) is 5.48. The highest BCUT2D eigenvalue weighted by Gasteiger charge is 2.17. The number of nitrogens with zero attached hydrogens (tertiary/aromatic N) is 1. The van der Waals surface area contributed by atoms with Gasteiger partial charge in [0.15, 0.2) is 0 Å². The zero-order valence-corrected chi connectivity index (χ0v) is 12.6. The minimum Gasteiger partial charge on any atom is -0.326 e. The Bertz CT molecular complexity index is 373. The van der Waals surface area contributed by atoms with Crippen molar-refractivity contribution in [2.24, 2.45) is 11.7 Å². The summed E-state index contributed by atoms with van der Waals surface area (Å²) in [6.07, 6.45) is 5.52. The summed E-state index contributed by atoms with van der Waals surface area (Å²) in [6.45, 7) is 8.90. The predicted octanol–water partition coefficient (Wildman–Crippen LogP) is 3.53. The highest BCUT2D eigenvalue weighted by molar-refractivity contribution is 7.12. The van der Waals surface area contributed by atoms with Gasteiger partial charge in [-0.05, 0) is 56.8 Å². The molecular formula is C15H26N2S. The molecule has 2 N–H and O–H groups in total. The molecule has 1 aromatic rings. The van der Waals surface area contributed by atoms with Crippen LogP contribution < -0.4 is 5.73 Å². The van der Waals surface area contributed by atoms with Crippen molar-refractivity contribution in [1.29, 1.82) is 0 Å². The van der Waals surface area contributed by atoms with Gasteiger partial charge in [-0.2, -0.15) is 0 Å². The summed E-state index contributed by atoms with van der Waals surface area (Å²) in [7, 11) is 0. The third-order valence-corrected chi connectivity index (χ3v) is 5.30. The van der Waals surface area contributed by atoms with E-state index in [1.165, 1.54) is 54.1 Å². The van der Waals surface area contributed by atoms with E-state index in [-0.39, 0.29) is 0 Å². The monoisotopic (exact) mass is 266 g/mol. The van der Waals surface area contributed by atoms with E-state index < -0.39 is 0 Å². The van der Waals surface area contributed by atoms with Gasteiger partial charge in [0, 0.05) is 22.8 Å². The van der Waals surface area contributed by atoms with Crippen LogP contribution in [-0.2, 0) is 13.1 Å². The van der Waals surface area contributed by atoms with Gasteiger partial charge in [-0.1, -0.05) is 13.3 Å². The van der Waals surface area contributed by atoms with E-state index in [0.29, 0.717) is 6.54 Å². The van der Waals surface area contributed by atoms with E-state index >= 15 is 0 Å². The Morgan fingerprint density at radius 2 is 2.22 bits per heavy atom. The highest BCUT2D eigenvalue weighted by Crippen LogP contribution is 2.25. The van der Waals surface area contributed by atoms with Gasteiger partial charge in [0.1, 0.15) is 0 Å². The maximum atomic E-state index is 5.72. The molecule has 0 aromatic carbocycles. The van der Waals surface area contributed by atoms with Gasteiger partial charge in [-0.15, -0.1) is 11.3 Å². The smallest absolute Gasteiger partial charge is 0.0274 e. The van der Waals surface area contributed by atoms with Crippen LogP contribution in [0.3, 0.4) is 0 Å². The zero-order valence-electron chi connectivity index (χ0n) is 11.7. The van der Waals surface area contributed by atoms with Gasteiger partial charge in [0.25, 0.3) is 0 Å². The van der Waals surface area contributed by atoms with Crippen molar-refractivity contribution in [2.75, 3.05) is 13.1 Å². The second-order valence-corrected chi connectivity index (χ2v) is 6.82. The lowest BCUT2D eigenvalue weighted by Gasteiger charge is -2.20. The SMILES string of the molecule is CCC1CCCN(Cc2cc(CN)sc2C)CC1. The molecule has 0 aliphatic carbocycles. The van der Waals surface area contributed by atoms with Crippen LogP contribution in [0.5, 0.6) is 0 Å². The first kappa shape index (κ1) is 14.0. The molecule has 2 heterocycles. The molecular weight excluding hydrogens is 240 g/mol. The maximum Gasteiger partial charge on any atom is 0.0274 e. The minimum absolute atomic E-state index is 0.684. The summed E-state index contributed by atoms with van der Waals surface area (Å²) < 4.78 is 0. The van der Waals surface area contributed by atoms with E-state index in [2.05, 4.69) is 24.8 Å². The van der Waals surface area contributed by atoms with Crippen LogP contribution in [0.4, 0.5) is 0 Å². The number of likely N-dealkylation sites (tertiary alicyclic amines) is 1. The molecule has 0 saturated carbocycles. The van der Waals surface area contributed by atoms with Crippen molar-refractivity contribution in [2.45, 2.75) is 52.6 Å². The first-order valence-electron chi connectivity index (χ1n) is 7.23. The van der Waals surface area contributed by atoms with E-state index in [4.69, 9.17) is 5.73 Å². The second kappa shape index (κ2) is 6.69. The van der Waals surface area contributed by atoms with Crippen molar-refractivity contribution in [3.05, 3.63) is 21.4 Å². The minimum atomic E-state index is 0.684. The molecule has 1 unspecified atom stereocenters. The first-order chi connectivity index (χ1) is 8.72. The van der Waals surface area contributed by atoms with Gasteiger partial charge in [0.05, 0.1) is 0 Å². The summed E-state index contributed by atoms with van der Waals surface area (Å²) in [5, 5.41) is 0. The fraction of sp³-hybridized carbons (Fsp3) is 0.733. The molecule has 1 fully saturated rings. The summed E-state index contributed by atoms with van der Waals surface area (Å²) in [6, 6.07) is 2.31. The van der Waals surface area contributed by atoms with E-state index in [1.807, 2.05) is 11.3 Å². The molecule has 1 aliphatic heterocycles. The van der Waals surface area contributed by atoms with E-state index in [1.54, 1.807) is 0 Å². The van der Waals surface area contributed by atoms with Gasteiger partial charge in [-0.3, -0.25) is 4.90 Å². The number of nitrogens with two attached hydrogens (primary N) is 1. The number of thiophene rings is 1. The molecule has 18 heavy (non-hydrogen) atoms. The number of hydrogen-bond donors (Lipinski definition) is 1. The largest absolute Gasteiger partial charge is 0.326 e. The van der Waals surface area contributed by atoms with Gasteiger partial charge in [0.2, 0.25) is 0 Å². The Hall–Kier alpha value is -0.380. The molecule has 102 valence electrons. The molecule has 1 aliphatic rings. The molecule has 0 radical (unpaired) electrons. The lowest BCUT2D eigenvalue weighted by atomic mass is 9.98. The standard InChI is InChI=1S/C15H26N2S/c1-3-13-5-4-7-17(8-6-13)11-14-9-15(10-16)18-12(14)2/h9,13H,3-8,10-11,16H2,1-2H3. The quantitative estimate of drug-likeness (QED) is 0.903. The van der Waals surface area contributed by atoms with Crippen molar-refractivity contribution < 1.29 is 0 Å². The molecule has 0 spiro atoms. The Kier molecular flexibility index (Phi) is 5.22. The Morgan fingerprint density at radius 1 is 1.39 bits per heavy atom. The molecule has 1 atom stereocenters. The van der Waals surface area contributed by atoms with Crippen molar-refractivity contribution in [3.8, 4) is 0 Å². The van der Waals surface area contributed by atoms with Gasteiger partial charge >= 0.3 is 0 Å². The molecule has 3 heteroatoms. The highest BCUT2D eigenvalue weighted by atomic mass is 32.1. The molecule has 0 bridgehead atoms. The molecule has 0 amide bonds. The maximum absolute atomic E-state index is 5.72. The van der Waals surface area contributed by atoms with Crippen LogP contribution in [-0.4, -0.2) is 18.0 Å². The summed E-state index contributed by atoms with van der Waals surface area (Å²) in [5.41, 5.74) is 7.22. The first-order valence-corrected chi connectivity index (χ1v) is 8.05. The lowest BCUT2D eigenvalue weighted by molar-refractivity contribution is 0.272. The molecule has 2 rings (SSSR count). The topological polar surface area (TPSA) is 29.3 Å². The summed E-state index contributed by atoms with van der Waals surface area (Å²) >= 11 is 1.86. The van der Waals surface area contributed by atoms with Crippen LogP contribution in [0, 0.1) is 12.8 Å². The van der Waals surface area contributed by atoms with Crippen molar-refractivity contribution in [1.82, 2.24) is 4.90 Å². The third-order valence-electron chi connectivity index (χ3n) is 4.18. The average molecular weight is 266 g/mol. The van der Waals surface area contributed by atoms with Crippen LogP contribution in [0.1, 0.15) is 47.9 Å². The molecule has 1 aromatic heterocycles. The van der Waals surface area contributed by atoms with Crippen LogP contribution in [0.2, 0.25) is 0 Å². The van der Waals surface area contributed by atoms with Gasteiger partial charge in [-0.25, -0.2) is 0 Å². The number of aryl methyl sites for hydroxylation is 1. The van der Waals surface area contributed by atoms with E-state index in [0.717, 1.165) is 12.5 Å². The molecule has 2 nitrogen and oxygen atoms in total. The predicted molar refractivity (Wildman–Crippen MR) is 79.9 cm³/mol. The number of rotatable bonds is 4. The normalized spacial score (nSPS) is 22.1. The Morgan fingerprint density at radius 3 is 2.89 bits per heavy atom. The van der Waals surface area contributed by atoms with Crippen LogP contribution >= 0.6 is 11.3 Å². The van der Waals surface area contributed by atoms with E-state index in [9.17, 15) is 0 Å². The third kappa shape index (κ3) is 3.56. The fourth-order valence-corrected chi connectivity index (χ4v) is 3.81.